The molecular formula is C11H9ClFNO2. The van der Waals surface area contributed by atoms with Crippen LogP contribution in [0.5, 0.6) is 0 Å². The summed E-state index contributed by atoms with van der Waals surface area (Å²) in [6.45, 7) is 0.281. The van der Waals surface area contributed by atoms with Crippen LogP contribution in [0, 0.1) is 17.1 Å². The van der Waals surface area contributed by atoms with Crippen molar-refractivity contribution in [1.82, 2.24) is 0 Å². The van der Waals surface area contributed by atoms with Crippen molar-refractivity contribution in [3.8, 4) is 6.07 Å². The fourth-order valence-corrected chi connectivity index (χ4v) is 1.80. The quantitative estimate of drug-likeness (QED) is 0.800. The zero-order valence-electron chi connectivity index (χ0n) is 8.32. The molecule has 1 heterocycles. The normalized spacial score (nSPS) is 24.3. The van der Waals surface area contributed by atoms with Crippen LogP contribution in [-0.4, -0.2) is 12.7 Å². The van der Waals surface area contributed by atoms with Crippen molar-refractivity contribution in [3.05, 3.63) is 34.6 Å². The summed E-state index contributed by atoms with van der Waals surface area (Å²) in [5.41, 5.74) is 0.199. The van der Waals surface area contributed by atoms with E-state index in [0.717, 1.165) is 0 Å². The molecule has 5 heteroatoms. The molecule has 0 amide bonds. The molecule has 0 spiro atoms. The van der Waals surface area contributed by atoms with Gasteiger partial charge in [0.25, 0.3) is 0 Å². The van der Waals surface area contributed by atoms with Gasteiger partial charge in [0.1, 0.15) is 5.82 Å². The zero-order chi connectivity index (χ0) is 11.5. The number of halogens is 2. The van der Waals surface area contributed by atoms with Gasteiger partial charge in [-0.1, -0.05) is 17.7 Å². The summed E-state index contributed by atoms with van der Waals surface area (Å²) in [6, 6.07) is 6.37. The van der Waals surface area contributed by atoms with Crippen LogP contribution >= 0.6 is 11.6 Å². The maximum atomic E-state index is 13.5. The van der Waals surface area contributed by atoms with Crippen LogP contribution in [0.1, 0.15) is 18.3 Å². The minimum atomic E-state index is -0.813. The molecule has 0 aromatic heterocycles. The number of nitrogens with zero attached hydrogens (tertiary/aromatic N) is 1. The maximum Gasteiger partial charge on any atom is 0.188 e. The summed E-state index contributed by atoms with van der Waals surface area (Å²) >= 11 is 5.87. The van der Waals surface area contributed by atoms with Crippen LogP contribution in [0.15, 0.2) is 18.2 Å². The van der Waals surface area contributed by atoms with Crippen molar-refractivity contribution >= 4 is 11.6 Å². The lowest BCUT2D eigenvalue weighted by Crippen LogP contribution is -2.08. The lowest BCUT2D eigenvalue weighted by Gasteiger charge is -2.12. The number of rotatable bonds is 2. The predicted octanol–water partition coefficient (Wildman–Crippen LogP) is 2.81. The molecule has 2 unspecified atom stereocenters. The molecule has 16 heavy (non-hydrogen) atoms. The first-order valence-electron chi connectivity index (χ1n) is 4.80. The van der Waals surface area contributed by atoms with E-state index >= 15 is 0 Å². The Morgan fingerprint density at radius 3 is 3.06 bits per heavy atom. The summed E-state index contributed by atoms with van der Waals surface area (Å²) in [4.78, 5) is 0. The molecule has 0 radical (unpaired) electrons. The van der Waals surface area contributed by atoms with Gasteiger partial charge in [-0.15, -0.1) is 0 Å². The molecule has 1 aromatic carbocycles. The second-order valence-electron chi connectivity index (χ2n) is 3.42. The summed E-state index contributed by atoms with van der Waals surface area (Å²) in [5, 5.41) is 8.77. The monoisotopic (exact) mass is 241 g/mol. The number of benzene rings is 1. The van der Waals surface area contributed by atoms with Crippen LogP contribution in [-0.2, 0) is 9.47 Å². The molecule has 2 atom stereocenters. The van der Waals surface area contributed by atoms with Crippen LogP contribution < -0.4 is 0 Å². The molecule has 1 aliphatic heterocycles. The van der Waals surface area contributed by atoms with Gasteiger partial charge < -0.3 is 9.47 Å². The molecular weight excluding hydrogens is 233 g/mol. The van der Waals surface area contributed by atoms with Crippen molar-refractivity contribution in [3.63, 3.8) is 0 Å². The van der Waals surface area contributed by atoms with Crippen molar-refractivity contribution in [2.75, 3.05) is 6.61 Å². The van der Waals surface area contributed by atoms with E-state index in [0.29, 0.717) is 0 Å². The molecule has 84 valence electrons. The molecule has 0 N–H and O–H groups in total. The number of ether oxygens (including phenoxy) is 2. The molecule has 3 nitrogen and oxygen atoms in total. The molecule has 1 saturated heterocycles. The Morgan fingerprint density at radius 1 is 1.56 bits per heavy atom. The van der Waals surface area contributed by atoms with Gasteiger partial charge in [-0.25, -0.2) is 4.39 Å². The largest absolute Gasteiger partial charge is 0.345 e. The Morgan fingerprint density at radius 2 is 2.38 bits per heavy atom. The average molecular weight is 242 g/mol. The van der Waals surface area contributed by atoms with Crippen molar-refractivity contribution in [2.45, 2.75) is 18.8 Å². The lowest BCUT2D eigenvalue weighted by molar-refractivity contribution is -0.0613. The Hall–Kier alpha value is -1.15. The van der Waals surface area contributed by atoms with Gasteiger partial charge in [0, 0.05) is 0 Å². The number of hydrogen-bond acceptors (Lipinski definition) is 3. The number of hydrogen-bond donors (Lipinski definition) is 0. The zero-order valence-corrected chi connectivity index (χ0v) is 9.08. The van der Waals surface area contributed by atoms with Crippen LogP contribution in [0.2, 0.25) is 5.02 Å². The van der Waals surface area contributed by atoms with E-state index in [1.54, 1.807) is 6.07 Å². The molecule has 1 fully saturated rings. The van der Waals surface area contributed by atoms with E-state index in [1.807, 2.05) is 6.07 Å². The molecule has 0 aliphatic carbocycles. The van der Waals surface area contributed by atoms with Crippen molar-refractivity contribution < 1.29 is 13.9 Å². The third-order valence-corrected chi connectivity index (χ3v) is 2.63. The van der Waals surface area contributed by atoms with E-state index in [1.165, 1.54) is 12.1 Å². The molecule has 1 aromatic rings. The molecule has 2 rings (SSSR count). The summed E-state index contributed by atoms with van der Waals surface area (Å²) in [6.07, 6.45) is -0.902. The fraction of sp³-hybridized carbons (Fsp3) is 0.364. The minimum Gasteiger partial charge on any atom is -0.345 e. The molecule has 1 aliphatic rings. The van der Waals surface area contributed by atoms with Crippen molar-refractivity contribution in [2.24, 2.45) is 0 Å². The molecule has 0 saturated carbocycles. The maximum absolute atomic E-state index is 13.5. The third kappa shape index (κ3) is 2.17. The van der Waals surface area contributed by atoms with E-state index in [9.17, 15) is 4.39 Å². The van der Waals surface area contributed by atoms with E-state index in [2.05, 4.69) is 0 Å². The third-order valence-electron chi connectivity index (χ3n) is 2.30. The van der Waals surface area contributed by atoms with Crippen LogP contribution in [0.4, 0.5) is 4.39 Å². The predicted molar refractivity (Wildman–Crippen MR) is 55.2 cm³/mol. The Labute approximate surface area is 97.3 Å². The second-order valence-corrected chi connectivity index (χ2v) is 3.83. The highest BCUT2D eigenvalue weighted by Gasteiger charge is 2.30. The van der Waals surface area contributed by atoms with Gasteiger partial charge in [0.2, 0.25) is 0 Å². The summed E-state index contributed by atoms with van der Waals surface area (Å²) in [7, 11) is 0. The first-order valence-corrected chi connectivity index (χ1v) is 5.18. The van der Waals surface area contributed by atoms with Gasteiger partial charge in [0.05, 0.1) is 35.8 Å². The van der Waals surface area contributed by atoms with Crippen LogP contribution in [0.3, 0.4) is 0 Å². The smallest absolute Gasteiger partial charge is 0.188 e. The Balaban J connectivity index is 2.18. The molecule has 0 bridgehead atoms. The highest BCUT2D eigenvalue weighted by Crippen LogP contribution is 2.34. The van der Waals surface area contributed by atoms with E-state index < -0.39 is 12.1 Å². The second kappa shape index (κ2) is 4.79. The van der Waals surface area contributed by atoms with E-state index in [4.69, 9.17) is 26.3 Å². The SMILES string of the molecule is N#CCC1COC(c2c(F)cccc2Cl)O1. The summed E-state index contributed by atoms with van der Waals surface area (Å²) < 4.78 is 24.2. The Kier molecular flexibility index (Phi) is 3.39. The lowest BCUT2D eigenvalue weighted by atomic mass is 10.2. The summed E-state index contributed by atoms with van der Waals surface area (Å²) in [5.74, 6) is -0.463. The van der Waals surface area contributed by atoms with Gasteiger partial charge in [-0.05, 0) is 12.1 Å². The highest BCUT2D eigenvalue weighted by atomic mass is 35.5. The van der Waals surface area contributed by atoms with Gasteiger partial charge in [-0.2, -0.15) is 5.26 Å². The first kappa shape index (κ1) is 11.3. The van der Waals surface area contributed by atoms with Gasteiger partial charge >= 0.3 is 0 Å². The van der Waals surface area contributed by atoms with Gasteiger partial charge in [-0.3, -0.25) is 0 Å². The topological polar surface area (TPSA) is 42.2 Å². The fourth-order valence-electron chi connectivity index (χ4n) is 1.54. The Bertz CT molecular complexity index is 412. The number of nitriles is 1. The average Bonchev–Trinajstić information content (AvgIpc) is 2.67. The van der Waals surface area contributed by atoms with E-state index in [-0.39, 0.29) is 29.7 Å². The van der Waals surface area contributed by atoms with Gasteiger partial charge in [0.15, 0.2) is 6.29 Å². The standard InChI is InChI=1S/C11H9ClFNO2/c12-8-2-1-3-9(13)10(8)11-15-6-7(16-11)4-5-14/h1-3,7,11H,4,6H2. The van der Waals surface area contributed by atoms with Crippen molar-refractivity contribution in [1.29, 1.82) is 5.26 Å². The minimum absolute atomic E-state index is 0.199. The highest BCUT2D eigenvalue weighted by molar-refractivity contribution is 6.31. The first-order chi connectivity index (χ1) is 7.72. The van der Waals surface area contributed by atoms with Crippen LogP contribution in [0.25, 0.3) is 0 Å².